The van der Waals surface area contributed by atoms with Gasteiger partial charge in [-0.15, -0.1) is 0 Å². The zero-order valence-corrected chi connectivity index (χ0v) is 15.7. The van der Waals surface area contributed by atoms with Gasteiger partial charge < -0.3 is 15.4 Å². The van der Waals surface area contributed by atoms with E-state index in [1.54, 1.807) is 6.07 Å². The Hall–Kier alpha value is -2.89. The molecule has 2 N–H and O–H groups in total. The van der Waals surface area contributed by atoms with Crippen LogP contribution in [0.3, 0.4) is 0 Å². The van der Waals surface area contributed by atoms with E-state index in [1.165, 1.54) is 24.7 Å². The van der Waals surface area contributed by atoms with Crippen molar-refractivity contribution in [3.05, 3.63) is 54.0 Å². The van der Waals surface area contributed by atoms with Crippen molar-refractivity contribution >= 4 is 17.4 Å². The normalized spacial score (nSPS) is 13.6. The summed E-state index contributed by atoms with van der Waals surface area (Å²) in [7, 11) is 0. The van der Waals surface area contributed by atoms with E-state index in [9.17, 15) is 4.79 Å². The molecule has 0 atom stereocenters. The molecule has 27 heavy (non-hydrogen) atoms. The number of para-hydroxylation sites is 2. The highest BCUT2D eigenvalue weighted by molar-refractivity contribution is 5.93. The van der Waals surface area contributed by atoms with Crippen LogP contribution >= 0.6 is 0 Å². The van der Waals surface area contributed by atoms with Crippen molar-refractivity contribution in [3.63, 3.8) is 0 Å². The first-order chi connectivity index (χ1) is 13.3. The van der Waals surface area contributed by atoms with Gasteiger partial charge in [-0.25, -0.2) is 9.97 Å². The second kappa shape index (κ2) is 9.71. The number of hydrogen-bond donors (Lipinski definition) is 2. The van der Waals surface area contributed by atoms with Crippen molar-refractivity contribution in [2.75, 3.05) is 18.5 Å². The molecule has 1 aromatic heterocycles. The number of nitrogens with one attached hydrogen (secondary N) is 2. The lowest BCUT2D eigenvalue weighted by Gasteiger charge is -2.13. The third-order valence-electron chi connectivity index (χ3n) is 4.47. The molecule has 1 aliphatic carbocycles. The van der Waals surface area contributed by atoms with Gasteiger partial charge in [0.05, 0.1) is 12.3 Å². The number of benzene rings is 1. The smallest absolute Gasteiger partial charge is 0.270 e. The van der Waals surface area contributed by atoms with Crippen molar-refractivity contribution in [3.8, 4) is 5.75 Å². The highest BCUT2D eigenvalue weighted by Gasteiger charge is 2.11. The first kappa shape index (κ1) is 18.9. The summed E-state index contributed by atoms with van der Waals surface area (Å²) in [5.74, 6) is 1.11. The first-order valence-electron chi connectivity index (χ1n) is 9.53. The van der Waals surface area contributed by atoms with Gasteiger partial charge >= 0.3 is 0 Å². The number of anilines is 2. The van der Waals surface area contributed by atoms with Gasteiger partial charge in [-0.2, -0.15) is 0 Å². The van der Waals surface area contributed by atoms with Crippen molar-refractivity contribution in [1.82, 2.24) is 15.3 Å². The molecular formula is C21H26N4O2. The quantitative estimate of drug-likeness (QED) is 0.684. The van der Waals surface area contributed by atoms with Crippen molar-refractivity contribution < 1.29 is 9.53 Å². The number of allylic oxidation sites excluding steroid dienone is 1. The van der Waals surface area contributed by atoms with E-state index in [2.05, 4.69) is 26.7 Å². The van der Waals surface area contributed by atoms with Gasteiger partial charge in [0.2, 0.25) is 0 Å². The third-order valence-corrected chi connectivity index (χ3v) is 4.47. The van der Waals surface area contributed by atoms with Crippen LogP contribution in [0, 0.1) is 0 Å². The van der Waals surface area contributed by atoms with E-state index in [0.29, 0.717) is 24.7 Å². The Kier molecular flexibility index (Phi) is 6.79. The van der Waals surface area contributed by atoms with Crippen LogP contribution in [0.15, 0.2) is 48.3 Å². The SMILES string of the molecule is CCOc1ccccc1Nc1cc(C(=O)NCCC2=CCCCC2)ncn1. The summed E-state index contributed by atoms with van der Waals surface area (Å²) in [5.41, 5.74) is 2.59. The summed E-state index contributed by atoms with van der Waals surface area (Å²) in [5, 5.41) is 6.14. The molecule has 3 rings (SSSR count). The lowest BCUT2D eigenvalue weighted by Crippen LogP contribution is -2.26. The standard InChI is InChI=1S/C21H26N4O2/c1-2-27-19-11-7-6-10-17(19)25-20-14-18(23-15-24-20)21(26)22-13-12-16-8-4-3-5-9-16/h6-8,10-11,14-15H,2-5,9,12-13H2,1H3,(H,22,26)(H,23,24,25). The Bertz CT molecular complexity index is 804. The summed E-state index contributed by atoms with van der Waals surface area (Å²) >= 11 is 0. The molecule has 1 aliphatic rings. The molecule has 0 bridgehead atoms. The largest absolute Gasteiger partial charge is 0.492 e. The molecule has 0 unspecified atom stereocenters. The van der Waals surface area contributed by atoms with E-state index in [-0.39, 0.29) is 5.91 Å². The molecule has 1 aromatic carbocycles. The number of carbonyl (C=O) groups is 1. The second-order valence-electron chi connectivity index (χ2n) is 6.46. The molecule has 0 saturated heterocycles. The van der Waals surface area contributed by atoms with E-state index >= 15 is 0 Å². The number of ether oxygens (including phenoxy) is 1. The Balaban J connectivity index is 1.59. The predicted octanol–water partition coefficient (Wildman–Crippen LogP) is 4.24. The number of nitrogens with zero attached hydrogens (tertiary/aromatic N) is 2. The van der Waals surface area contributed by atoms with Crippen LogP contribution < -0.4 is 15.4 Å². The lowest BCUT2D eigenvalue weighted by molar-refractivity contribution is 0.0949. The maximum atomic E-state index is 12.4. The van der Waals surface area contributed by atoms with Gasteiger partial charge in [-0.3, -0.25) is 4.79 Å². The summed E-state index contributed by atoms with van der Waals surface area (Å²) < 4.78 is 5.61. The number of hydrogen-bond acceptors (Lipinski definition) is 5. The van der Waals surface area contributed by atoms with Crippen LogP contribution in [0.1, 0.15) is 49.5 Å². The maximum absolute atomic E-state index is 12.4. The van der Waals surface area contributed by atoms with Crippen LogP contribution in [0.25, 0.3) is 0 Å². The minimum atomic E-state index is -0.185. The summed E-state index contributed by atoms with van der Waals surface area (Å²) in [6, 6.07) is 9.28. The summed E-state index contributed by atoms with van der Waals surface area (Å²) in [6.45, 7) is 3.14. The fraction of sp³-hybridized carbons (Fsp3) is 0.381. The maximum Gasteiger partial charge on any atom is 0.270 e. The second-order valence-corrected chi connectivity index (χ2v) is 6.46. The Morgan fingerprint density at radius 2 is 2.11 bits per heavy atom. The molecule has 1 heterocycles. The topological polar surface area (TPSA) is 76.1 Å². The average molecular weight is 366 g/mol. The Morgan fingerprint density at radius 1 is 1.22 bits per heavy atom. The van der Waals surface area contributed by atoms with E-state index in [4.69, 9.17) is 4.74 Å². The Labute approximate surface area is 160 Å². The van der Waals surface area contributed by atoms with Crippen LogP contribution in [0.2, 0.25) is 0 Å². The Morgan fingerprint density at radius 3 is 2.93 bits per heavy atom. The fourth-order valence-corrected chi connectivity index (χ4v) is 3.10. The minimum absolute atomic E-state index is 0.185. The molecule has 0 radical (unpaired) electrons. The van der Waals surface area contributed by atoms with E-state index in [0.717, 1.165) is 30.7 Å². The number of aromatic nitrogens is 2. The molecule has 6 nitrogen and oxygen atoms in total. The van der Waals surface area contributed by atoms with Gasteiger partial charge in [-0.05, 0) is 51.2 Å². The highest BCUT2D eigenvalue weighted by atomic mass is 16.5. The summed E-state index contributed by atoms with van der Waals surface area (Å²) in [6.07, 6.45) is 9.44. The average Bonchev–Trinajstić information content (AvgIpc) is 2.71. The zero-order valence-electron chi connectivity index (χ0n) is 15.7. The van der Waals surface area contributed by atoms with E-state index in [1.807, 2.05) is 31.2 Å². The molecule has 0 saturated carbocycles. The van der Waals surface area contributed by atoms with Crippen molar-refractivity contribution in [2.24, 2.45) is 0 Å². The van der Waals surface area contributed by atoms with Crippen LogP contribution in [0.5, 0.6) is 5.75 Å². The monoisotopic (exact) mass is 366 g/mol. The van der Waals surface area contributed by atoms with Gasteiger partial charge in [0, 0.05) is 12.6 Å². The molecule has 142 valence electrons. The molecule has 0 spiro atoms. The van der Waals surface area contributed by atoms with E-state index < -0.39 is 0 Å². The fourth-order valence-electron chi connectivity index (χ4n) is 3.10. The van der Waals surface area contributed by atoms with Crippen LogP contribution in [0.4, 0.5) is 11.5 Å². The van der Waals surface area contributed by atoms with Crippen LogP contribution in [-0.2, 0) is 0 Å². The first-order valence-corrected chi connectivity index (χ1v) is 9.53. The third kappa shape index (κ3) is 5.54. The molecule has 0 aliphatic heterocycles. The van der Waals surface area contributed by atoms with Crippen molar-refractivity contribution in [1.29, 1.82) is 0 Å². The van der Waals surface area contributed by atoms with Gasteiger partial charge in [0.1, 0.15) is 23.6 Å². The van der Waals surface area contributed by atoms with Crippen LogP contribution in [-0.4, -0.2) is 29.0 Å². The molecule has 0 fully saturated rings. The molecule has 2 aromatic rings. The number of rotatable bonds is 8. The van der Waals surface area contributed by atoms with Gasteiger partial charge in [0.25, 0.3) is 5.91 Å². The highest BCUT2D eigenvalue weighted by Crippen LogP contribution is 2.26. The molecular weight excluding hydrogens is 340 g/mol. The zero-order chi connectivity index (χ0) is 18.9. The predicted molar refractivity (Wildman–Crippen MR) is 106 cm³/mol. The molecule has 6 heteroatoms. The van der Waals surface area contributed by atoms with Crippen molar-refractivity contribution in [2.45, 2.75) is 39.0 Å². The van der Waals surface area contributed by atoms with Gasteiger partial charge in [-0.1, -0.05) is 23.8 Å². The minimum Gasteiger partial charge on any atom is -0.492 e. The molecule has 1 amide bonds. The number of carbonyl (C=O) groups excluding carboxylic acids is 1. The number of amides is 1. The lowest BCUT2D eigenvalue weighted by atomic mass is 9.97. The summed E-state index contributed by atoms with van der Waals surface area (Å²) in [4.78, 5) is 20.7. The van der Waals surface area contributed by atoms with Gasteiger partial charge in [0.15, 0.2) is 0 Å².